The van der Waals surface area contributed by atoms with Gasteiger partial charge in [0.2, 0.25) is 0 Å². The third-order valence-corrected chi connectivity index (χ3v) is 3.31. The normalized spacial score (nSPS) is 11.0. The van der Waals surface area contributed by atoms with Crippen LogP contribution >= 0.6 is 11.3 Å². The Hall–Kier alpha value is -1.56. The number of nitrogens with one attached hydrogen (secondary N) is 1. The van der Waals surface area contributed by atoms with E-state index in [1.165, 1.54) is 18.4 Å². The van der Waals surface area contributed by atoms with Gasteiger partial charge in [-0.15, -0.1) is 11.3 Å². The Morgan fingerprint density at radius 2 is 2.05 bits per heavy atom. The van der Waals surface area contributed by atoms with Crippen molar-refractivity contribution in [3.8, 4) is 0 Å². The fourth-order valence-electron chi connectivity index (χ4n) is 1.51. The standard InChI is InChI=1S/C14H21NO4S/c1-14(2,3)19-13(17)15-7-5-6-10-8-11(20-9-10)12(16)18-4/h8-9H,5-7H2,1-4H3,(H,15,17). The molecule has 0 saturated heterocycles. The number of hydrogen-bond donors (Lipinski definition) is 1. The first-order valence-electron chi connectivity index (χ1n) is 6.44. The van der Waals surface area contributed by atoms with Gasteiger partial charge in [0, 0.05) is 6.54 Å². The van der Waals surface area contributed by atoms with E-state index in [2.05, 4.69) is 10.1 Å². The van der Waals surface area contributed by atoms with Crippen LogP contribution in [0.4, 0.5) is 4.79 Å². The van der Waals surface area contributed by atoms with Crippen LogP contribution in [0.5, 0.6) is 0 Å². The van der Waals surface area contributed by atoms with E-state index in [9.17, 15) is 9.59 Å². The zero-order chi connectivity index (χ0) is 15.2. The van der Waals surface area contributed by atoms with Crippen LogP contribution in [0.3, 0.4) is 0 Å². The van der Waals surface area contributed by atoms with Crippen molar-refractivity contribution in [2.75, 3.05) is 13.7 Å². The van der Waals surface area contributed by atoms with E-state index < -0.39 is 11.7 Å². The van der Waals surface area contributed by atoms with Gasteiger partial charge in [-0.2, -0.15) is 0 Å². The Morgan fingerprint density at radius 1 is 1.35 bits per heavy atom. The van der Waals surface area contributed by atoms with Crippen LogP contribution in [0.2, 0.25) is 0 Å². The Bertz CT molecular complexity index is 462. The number of methoxy groups -OCH3 is 1. The van der Waals surface area contributed by atoms with Crippen LogP contribution < -0.4 is 5.32 Å². The summed E-state index contributed by atoms with van der Waals surface area (Å²) in [5.74, 6) is -0.312. The number of carbonyl (C=O) groups is 2. The van der Waals surface area contributed by atoms with E-state index in [1.807, 2.05) is 32.2 Å². The maximum Gasteiger partial charge on any atom is 0.407 e. The monoisotopic (exact) mass is 299 g/mol. The molecule has 1 aromatic heterocycles. The number of hydrogen-bond acceptors (Lipinski definition) is 5. The second-order valence-corrected chi connectivity index (χ2v) is 6.25. The number of carbonyl (C=O) groups excluding carboxylic acids is 2. The summed E-state index contributed by atoms with van der Waals surface area (Å²) in [5.41, 5.74) is 0.591. The quantitative estimate of drug-likeness (QED) is 0.670. The molecule has 0 saturated carbocycles. The molecule has 0 aromatic carbocycles. The molecule has 20 heavy (non-hydrogen) atoms. The van der Waals surface area contributed by atoms with Gasteiger partial charge in [-0.1, -0.05) is 0 Å². The van der Waals surface area contributed by atoms with Gasteiger partial charge in [0.15, 0.2) is 0 Å². The third-order valence-electron chi connectivity index (χ3n) is 2.35. The number of rotatable bonds is 5. The first-order chi connectivity index (χ1) is 9.31. The lowest BCUT2D eigenvalue weighted by atomic mass is 10.2. The van der Waals surface area contributed by atoms with Crippen molar-refractivity contribution in [1.29, 1.82) is 0 Å². The average Bonchev–Trinajstić information content (AvgIpc) is 2.80. The first kappa shape index (κ1) is 16.5. The summed E-state index contributed by atoms with van der Waals surface area (Å²) in [4.78, 5) is 23.3. The van der Waals surface area contributed by atoms with E-state index in [-0.39, 0.29) is 5.97 Å². The summed E-state index contributed by atoms with van der Waals surface area (Å²) in [6.45, 7) is 6.02. The van der Waals surface area contributed by atoms with Crippen molar-refractivity contribution in [2.45, 2.75) is 39.2 Å². The molecule has 0 aliphatic carbocycles. The summed E-state index contributed by atoms with van der Waals surface area (Å²) in [5, 5.41) is 4.63. The number of ether oxygens (including phenoxy) is 2. The van der Waals surface area contributed by atoms with Crippen molar-refractivity contribution >= 4 is 23.4 Å². The van der Waals surface area contributed by atoms with E-state index in [0.29, 0.717) is 11.4 Å². The van der Waals surface area contributed by atoms with Gasteiger partial charge in [-0.05, 0) is 50.6 Å². The fraction of sp³-hybridized carbons (Fsp3) is 0.571. The molecule has 0 fully saturated rings. The Kier molecular flexibility index (Phi) is 6.01. The van der Waals surface area contributed by atoms with Crippen molar-refractivity contribution in [3.63, 3.8) is 0 Å². The molecular formula is C14H21NO4S. The molecule has 0 bridgehead atoms. The summed E-state index contributed by atoms with van der Waals surface area (Å²) in [6, 6.07) is 1.82. The Balaban J connectivity index is 2.26. The van der Waals surface area contributed by atoms with Crippen LogP contribution in [0.15, 0.2) is 11.4 Å². The van der Waals surface area contributed by atoms with Crippen molar-refractivity contribution in [3.05, 3.63) is 21.9 Å². The highest BCUT2D eigenvalue weighted by Crippen LogP contribution is 2.16. The molecule has 6 heteroatoms. The Morgan fingerprint density at radius 3 is 2.65 bits per heavy atom. The summed E-state index contributed by atoms with van der Waals surface area (Å²) < 4.78 is 9.78. The van der Waals surface area contributed by atoms with E-state index in [1.54, 1.807) is 0 Å². The van der Waals surface area contributed by atoms with Gasteiger partial charge in [-0.3, -0.25) is 0 Å². The molecule has 112 valence electrons. The van der Waals surface area contributed by atoms with Crippen molar-refractivity contribution in [1.82, 2.24) is 5.32 Å². The van der Waals surface area contributed by atoms with E-state index >= 15 is 0 Å². The summed E-state index contributed by atoms with van der Waals surface area (Å²) >= 11 is 1.37. The maximum absolute atomic E-state index is 11.4. The van der Waals surface area contributed by atoms with Gasteiger partial charge in [0.1, 0.15) is 10.5 Å². The average molecular weight is 299 g/mol. The Labute approximate surface area is 123 Å². The van der Waals surface area contributed by atoms with Crippen molar-refractivity contribution in [2.24, 2.45) is 0 Å². The highest BCUT2D eigenvalue weighted by molar-refractivity contribution is 7.12. The number of amides is 1. The first-order valence-corrected chi connectivity index (χ1v) is 7.32. The second-order valence-electron chi connectivity index (χ2n) is 5.34. The minimum Gasteiger partial charge on any atom is -0.465 e. The van der Waals surface area contributed by atoms with Crippen LogP contribution in [-0.4, -0.2) is 31.3 Å². The lowest BCUT2D eigenvalue weighted by Crippen LogP contribution is -2.33. The minimum absolute atomic E-state index is 0.312. The summed E-state index contributed by atoms with van der Waals surface area (Å²) in [7, 11) is 1.37. The number of aryl methyl sites for hydroxylation is 1. The van der Waals surface area contributed by atoms with Gasteiger partial charge >= 0.3 is 12.1 Å². The zero-order valence-corrected chi connectivity index (χ0v) is 13.1. The highest BCUT2D eigenvalue weighted by atomic mass is 32.1. The largest absolute Gasteiger partial charge is 0.465 e. The van der Waals surface area contributed by atoms with Crippen LogP contribution in [0.25, 0.3) is 0 Å². The van der Waals surface area contributed by atoms with Crippen molar-refractivity contribution < 1.29 is 19.1 Å². The van der Waals surface area contributed by atoms with Gasteiger partial charge in [-0.25, -0.2) is 9.59 Å². The third kappa shape index (κ3) is 6.06. The molecule has 1 heterocycles. The second kappa shape index (κ2) is 7.28. The van der Waals surface area contributed by atoms with Crippen LogP contribution in [0, 0.1) is 0 Å². The van der Waals surface area contributed by atoms with Gasteiger partial charge in [0.25, 0.3) is 0 Å². The lowest BCUT2D eigenvalue weighted by molar-refractivity contribution is 0.0526. The maximum atomic E-state index is 11.4. The van der Waals surface area contributed by atoms with Gasteiger partial charge in [0.05, 0.1) is 7.11 Å². The molecule has 0 radical (unpaired) electrons. The smallest absolute Gasteiger partial charge is 0.407 e. The zero-order valence-electron chi connectivity index (χ0n) is 12.3. The molecule has 0 atom stereocenters. The molecule has 1 amide bonds. The number of esters is 1. The van der Waals surface area contributed by atoms with Gasteiger partial charge < -0.3 is 14.8 Å². The molecule has 1 rings (SSSR count). The SMILES string of the molecule is COC(=O)c1cc(CCCNC(=O)OC(C)(C)C)cs1. The minimum atomic E-state index is -0.479. The molecule has 0 aliphatic heterocycles. The fourth-order valence-corrected chi connectivity index (χ4v) is 2.37. The predicted molar refractivity (Wildman–Crippen MR) is 78.2 cm³/mol. The summed E-state index contributed by atoms with van der Waals surface area (Å²) in [6.07, 6.45) is 1.18. The van der Waals surface area contributed by atoms with E-state index in [0.717, 1.165) is 18.4 Å². The molecule has 5 nitrogen and oxygen atoms in total. The molecule has 0 unspecified atom stereocenters. The van der Waals surface area contributed by atoms with Crippen LogP contribution in [0.1, 0.15) is 42.4 Å². The molecule has 0 aliphatic rings. The highest BCUT2D eigenvalue weighted by Gasteiger charge is 2.15. The molecule has 1 N–H and O–H groups in total. The lowest BCUT2D eigenvalue weighted by Gasteiger charge is -2.19. The molecule has 1 aromatic rings. The van der Waals surface area contributed by atoms with Crippen LogP contribution in [-0.2, 0) is 15.9 Å². The number of alkyl carbamates (subject to hydrolysis) is 1. The molecular weight excluding hydrogens is 278 g/mol. The predicted octanol–water partition coefficient (Wildman–Crippen LogP) is 2.99. The molecule has 0 spiro atoms. The topological polar surface area (TPSA) is 64.6 Å². The van der Waals surface area contributed by atoms with E-state index in [4.69, 9.17) is 4.74 Å². The number of thiophene rings is 1.